The fourth-order valence-corrected chi connectivity index (χ4v) is 2.96. The van der Waals surface area contributed by atoms with Gasteiger partial charge in [0.05, 0.1) is 0 Å². The van der Waals surface area contributed by atoms with Crippen LogP contribution in [0, 0.1) is 6.92 Å². The molecule has 1 saturated heterocycles. The summed E-state index contributed by atoms with van der Waals surface area (Å²) in [5.41, 5.74) is 2.27. The number of nitrogens with one attached hydrogen (secondary N) is 1. The molecule has 5 nitrogen and oxygen atoms in total. The average molecular weight is 344 g/mol. The number of anilines is 1. The standard InChI is InChI=1S/C18H18ClN3O2/c1-12-10-14(19)4-5-15(12)21-17(23)13-6-7-20-16(11-13)18(24)22-8-2-3-9-22/h4-7,10-11H,2-3,8-9H2,1H3,(H,21,23). The maximum absolute atomic E-state index is 12.5. The van der Waals surface area contributed by atoms with Gasteiger partial charge in [0, 0.05) is 35.6 Å². The van der Waals surface area contributed by atoms with Crippen LogP contribution in [0.25, 0.3) is 0 Å². The number of halogens is 1. The van der Waals surface area contributed by atoms with Crippen LogP contribution < -0.4 is 5.32 Å². The van der Waals surface area contributed by atoms with Crippen molar-refractivity contribution < 1.29 is 9.59 Å². The van der Waals surface area contributed by atoms with Gasteiger partial charge in [-0.1, -0.05) is 11.6 Å². The van der Waals surface area contributed by atoms with Crippen LogP contribution >= 0.6 is 11.6 Å². The molecule has 0 atom stereocenters. The topological polar surface area (TPSA) is 62.3 Å². The van der Waals surface area contributed by atoms with Crippen molar-refractivity contribution in [1.29, 1.82) is 0 Å². The lowest BCUT2D eigenvalue weighted by atomic mass is 10.1. The van der Waals surface area contributed by atoms with E-state index in [1.807, 2.05) is 6.92 Å². The zero-order valence-electron chi connectivity index (χ0n) is 13.4. The molecule has 1 aromatic carbocycles. The molecular weight excluding hydrogens is 326 g/mol. The van der Waals surface area contributed by atoms with Gasteiger partial charge in [0.25, 0.3) is 11.8 Å². The predicted octanol–water partition coefficient (Wildman–Crippen LogP) is 3.53. The van der Waals surface area contributed by atoms with Crippen LogP contribution in [-0.2, 0) is 0 Å². The smallest absolute Gasteiger partial charge is 0.272 e. The van der Waals surface area contributed by atoms with Gasteiger partial charge in [-0.2, -0.15) is 0 Å². The number of nitrogens with zero attached hydrogens (tertiary/aromatic N) is 2. The second kappa shape index (κ2) is 7.01. The minimum atomic E-state index is -0.279. The molecule has 0 aliphatic carbocycles. The molecule has 3 rings (SSSR count). The molecule has 1 fully saturated rings. The minimum absolute atomic E-state index is 0.121. The third-order valence-corrected chi connectivity index (χ3v) is 4.31. The molecular formula is C18H18ClN3O2. The molecule has 124 valence electrons. The van der Waals surface area contributed by atoms with Crippen molar-refractivity contribution in [1.82, 2.24) is 9.88 Å². The highest BCUT2D eigenvalue weighted by Crippen LogP contribution is 2.20. The number of aromatic nitrogens is 1. The van der Waals surface area contributed by atoms with Crippen molar-refractivity contribution in [2.24, 2.45) is 0 Å². The molecule has 2 heterocycles. The van der Waals surface area contributed by atoms with Gasteiger partial charge in [-0.15, -0.1) is 0 Å². The molecule has 0 spiro atoms. The molecule has 0 radical (unpaired) electrons. The van der Waals surface area contributed by atoms with Gasteiger partial charge in [0.2, 0.25) is 0 Å². The molecule has 6 heteroatoms. The Morgan fingerprint density at radius 2 is 1.92 bits per heavy atom. The van der Waals surface area contributed by atoms with Crippen molar-refractivity contribution in [3.63, 3.8) is 0 Å². The van der Waals surface area contributed by atoms with Crippen LogP contribution in [0.2, 0.25) is 5.02 Å². The second-order valence-corrected chi connectivity index (χ2v) is 6.28. The number of hydrogen-bond acceptors (Lipinski definition) is 3. The molecule has 0 unspecified atom stereocenters. The Hall–Kier alpha value is -2.40. The van der Waals surface area contributed by atoms with E-state index in [2.05, 4.69) is 10.3 Å². The number of hydrogen-bond donors (Lipinski definition) is 1. The Balaban J connectivity index is 1.77. The van der Waals surface area contributed by atoms with Crippen molar-refractivity contribution in [3.8, 4) is 0 Å². The summed E-state index contributed by atoms with van der Waals surface area (Å²) in [4.78, 5) is 30.7. The number of aryl methyl sites for hydroxylation is 1. The maximum Gasteiger partial charge on any atom is 0.272 e. The molecule has 2 aromatic rings. The zero-order chi connectivity index (χ0) is 17.1. The minimum Gasteiger partial charge on any atom is -0.337 e. The SMILES string of the molecule is Cc1cc(Cl)ccc1NC(=O)c1ccnc(C(=O)N2CCCC2)c1. The van der Waals surface area contributed by atoms with Gasteiger partial charge in [-0.25, -0.2) is 0 Å². The number of likely N-dealkylation sites (tertiary alicyclic amines) is 1. The normalized spacial score (nSPS) is 13.8. The van der Waals surface area contributed by atoms with Crippen LogP contribution in [-0.4, -0.2) is 34.8 Å². The van der Waals surface area contributed by atoms with E-state index in [1.165, 1.54) is 6.20 Å². The third kappa shape index (κ3) is 3.57. The van der Waals surface area contributed by atoms with Gasteiger partial charge >= 0.3 is 0 Å². The van der Waals surface area contributed by atoms with E-state index < -0.39 is 0 Å². The molecule has 0 bridgehead atoms. The van der Waals surface area contributed by atoms with Gasteiger partial charge in [-0.3, -0.25) is 14.6 Å². The molecule has 1 aromatic heterocycles. The summed E-state index contributed by atoms with van der Waals surface area (Å²) in [5, 5.41) is 3.46. The maximum atomic E-state index is 12.5. The third-order valence-electron chi connectivity index (χ3n) is 4.07. The molecule has 24 heavy (non-hydrogen) atoms. The van der Waals surface area contributed by atoms with E-state index >= 15 is 0 Å². The first-order valence-corrected chi connectivity index (χ1v) is 8.25. The van der Waals surface area contributed by atoms with Gasteiger partial charge in [0.1, 0.15) is 5.69 Å². The average Bonchev–Trinajstić information content (AvgIpc) is 3.11. The van der Waals surface area contributed by atoms with E-state index in [0.717, 1.165) is 31.5 Å². The van der Waals surface area contributed by atoms with Crippen molar-refractivity contribution in [3.05, 3.63) is 58.4 Å². The van der Waals surface area contributed by atoms with E-state index in [-0.39, 0.29) is 11.8 Å². The molecule has 1 aliphatic heterocycles. The Bertz CT molecular complexity index is 786. The highest BCUT2D eigenvalue weighted by molar-refractivity contribution is 6.30. The first-order chi connectivity index (χ1) is 11.5. The van der Waals surface area contributed by atoms with Crippen molar-refractivity contribution in [2.75, 3.05) is 18.4 Å². The number of pyridine rings is 1. The lowest BCUT2D eigenvalue weighted by Gasteiger charge is -2.15. The fourth-order valence-electron chi connectivity index (χ4n) is 2.73. The van der Waals surface area contributed by atoms with E-state index in [9.17, 15) is 9.59 Å². The van der Waals surface area contributed by atoms with Crippen LogP contribution in [0.1, 0.15) is 39.3 Å². The predicted molar refractivity (Wildman–Crippen MR) is 93.5 cm³/mol. The molecule has 0 saturated carbocycles. The lowest BCUT2D eigenvalue weighted by molar-refractivity contribution is 0.0787. The Labute approximate surface area is 145 Å². The quantitative estimate of drug-likeness (QED) is 0.927. The highest BCUT2D eigenvalue weighted by Gasteiger charge is 2.21. The summed E-state index contributed by atoms with van der Waals surface area (Å²) >= 11 is 5.93. The summed E-state index contributed by atoms with van der Waals surface area (Å²) in [6, 6.07) is 8.40. The first kappa shape index (κ1) is 16.5. The summed E-state index contributed by atoms with van der Waals surface area (Å²) in [7, 11) is 0. The zero-order valence-corrected chi connectivity index (χ0v) is 14.1. The highest BCUT2D eigenvalue weighted by atomic mass is 35.5. The van der Waals surface area contributed by atoms with E-state index in [0.29, 0.717) is 22.0 Å². The molecule has 1 N–H and O–H groups in total. The molecule has 2 amide bonds. The first-order valence-electron chi connectivity index (χ1n) is 7.87. The summed E-state index contributed by atoms with van der Waals surface area (Å²) in [6.07, 6.45) is 3.52. The Morgan fingerprint density at radius 1 is 1.17 bits per heavy atom. The van der Waals surface area contributed by atoms with Crippen LogP contribution in [0.5, 0.6) is 0 Å². The number of amides is 2. The second-order valence-electron chi connectivity index (χ2n) is 5.84. The number of rotatable bonds is 3. The van der Waals surface area contributed by atoms with E-state index in [4.69, 9.17) is 11.6 Å². The Morgan fingerprint density at radius 3 is 2.62 bits per heavy atom. The van der Waals surface area contributed by atoms with Crippen LogP contribution in [0.3, 0.4) is 0 Å². The van der Waals surface area contributed by atoms with Gasteiger partial charge < -0.3 is 10.2 Å². The fraction of sp³-hybridized carbons (Fsp3) is 0.278. The van der Waals surface area contributed by atoms with Crippen LogP contribution in [0.4, 0.5) is 5.69 Å². The summed E-state index contributed by atoms with van der Waals surface area (Å²) < 4.78 is 0. The van der Waals surface area contributed by atoms with Gasteiger partial charge in [0.15, 0.2) is 0 Å². The largest absolute Gasteiger partial charge is 0.337 e. The molecule has 1 aliphatic rings. The van der Waals surface area contributed by atoms with E-state index in [1.54, 1.807) is 35.2 Å². The van der Waals surface area contributed by atoms with Gasteiger partial charge in [-0.05, 0) is 55.7 Å². The monoisotopic (exact) mass is 343 g/mol. The summed E-state index contributed by atoms with van der Waals surface area (Å²) in [5.74, 6) is -0.400. The summed E-state index contributed by atoms with van der Waals surface area (Å²) in [6.45, 7) is 3.37. The van der Waals surface area contributed by atoms with Crippen LogP contribution in [0.15, 0.2) is 36.5 Å². The number of carbonyl (C=O) groups excluding carboxylic acids is 2. The van der Waals surface area contributed by atoms with Crippen molar-refractivity contribution >= 4 is 29.1 Å². The number of benzene rings is 1. The number of carbonyl (C=O) groups is 2. The van der Waals surface area contributed by atoms with Crippen molar-refractivity contribution in [2.45, 2.75) is 19.8 Å². The lowest BCUT2D eigenvalue weighted by Crippen LogP contribution is -2.28. The Kier molecular flexibility index (Phi) is 4.81.